The smallest absolute Gasteiger partial charge is 0.250 e. The van der Waals surface area contributed by atoms with Gasteiger partial charge in [0.25, 0.3) is 0 Å². The number of hydrazone groups is 1. The van der Waals surface area contributed by atoms with Crippen molar-refractivity contribution < 1.29 is 9.90 Å². The Kier molecular flexibility index (Phi) is 4.33. The topological polar surface area (TPSA) is 52.9 Å². The van der Waals surface area contributed by atoms with Crippen LogP contribution in [0.4, 0.5) is 0 Å². The van der Waals surface area contributed by atoms with Gasteiger partial charge in [-0.25, -0.2) is 0 Å². The molecule has 1 aliphatic heterocycles. The van der Waals surface area contributed by atoms with Crippen LogP contribution in [0.3, 0.4) is 0 Å². The van der Waals surface area contributed by atoms with Crippen molar-refractivity contribution in [2.45, 2.75) is 25.5 Å². The molecule has 1 atom stereocenters. The summed E-state index contributed by atoms with van der Waals surface area (Å²) in [6.45, 7) is 1.82. The molecule has 2 aromatic carbocycles. The maximum absolute atomic E-state index is 12.7. The molecule has 0 bridgehead atoms. The van der Waals surface area contributed by atoms with Crippen LogP contribution in [0, 0.1) is 0 Å². The highest BCUT2D eigenvalue weighted by Crippen LogP contribution is 2.36. The fraction of sp³-hybridized carbons (Fsp3) is 0.222. The van der Waals surface area contributed by atoms with Gasteiger partial charge in [-0.1, -0.05) is 58.4 Å². The van der Waals surface area contributed by atoms with E-state index in [-0.39, 0.29) is 12.3 Å². The number of amides is 1. The average Bonchev–Trinajstić information content (AvgIpc) is 2.85. The molecule has 0 saturated carbocycles. The van der Waals surface area contributed by atoms with Crippen LogP contribution in [0.2, 0.25) is 0 Å². The molecule has 0 fully saturated rings. The van der Waals surface area contributed by atoms with Gasteiger partial charge in [0.15, 0.2) is 5.72 Å². The van der Waals surface area contributed by atoms with E-state index in [4.69, 9.17) is 0 Å². The highest BCUT2D eigenvalue weighted by Gasteiger charge is 2.44. The zero-order valence-corrected chi connectivity index (χ0v) is 14.3. The predicted molar refractivity (Wildman–Crippen MR) is 92.8 cm³/mol. The summed E-state index contributed by atoms with van der Waals surface area (Å²) in [6, 6.07) is 16.8. The summed E-state index contributed by atoms with van der Waals surface area (Å²) in [5.41, 5.74) is 0.867. The van der Waals surface area contributed by atoms with Gasteiger partial charge in [-0.2, -0.15) is 10.1 Å². The second-order valence-corrected chi connectivity index (χ2v) is 6.62. The number of carbonyl (C=O) groups excluding carboxylic acids is 1. The van der Waals surface area contributed by atoms with Crippen molar-refractivity contribution >= 4 is 27.5 Å². The molecule has 0 aliphatic carbocycles. The Labute approximate surface area is 143 Å². The van der Waals surface area contributed by atoms with Crippen LogP contribution in [0.5, 0.6) is 0 Å². The van der Waals surface area contributed by atoms with Crippen LogP contribution >= 0.6 is 15.9 Å². The molecular formula is C18H17BrN2O2. The third-order valence-corrected chi connectivity index (χ3v) is 4.39. The molecule has 3 rings (SSSR count). The van der Waals surface area contributed by atoms with Crippen molar-refractivity contribution in [3.8, 4) is 0 Å². The van der Waals surface area contributed by atoms with Crippen molar-refractivity contribution in [3.05, 3.63) is 70.2 Å². The SMILES string of the molecule is CC1=NN(C(=O)Cc2ccccc2)[C@](O)(c2ccc(Br)cc2)C1. The number of halogens is 1. The standard InChI is InChI=1S/C18H17BrN2O2/c1-13-12-18(23,15-7-9-16(19)10-8-15)21(20-13)17(22)11-14-5-3-2-4-6-14/h2-10,23H,11-12H2,1H3/t18-/m1/s1. The summed E-state index contributed by atoms with van der Waals surface area (Å²) in [7, 11) is 0. The lowest BCUT2D eigenvalue weighted by Gasteiger charge is -2.31. The summed E-state index contributed by atoms with van der Waals surface area (Å²) >= 11 is 3.38. The van der Waals surface area contributed by atoms with Crippen LogP contribution in [-0.2, 0) is 16.9 Å². The molecule has 4 nitrogen and oxygen atoms in total. The molecule has 1 heterocycles. The molecule has 0 spiro atoms. The Balaban J connectivity index is 1.89. The summed E-state index contributed by atoms with van der Waals surface area (Å²) < 4.78 is 0.919. The summed E-state index contributed by atoms with van der Waals surface area (Å²) in [6.07, 6.45) is 0.519. The first kappa shape index (κ1) is 15.9. The van der Waals surface area contributed by atoms with E-state index in [2.05, 4.69) is 21.0 Å². The highest BCUT2D eigenvalue weighted by molar-refractivity contribution is 9.10. The summed E-state index contributed by atoms with van der Waals surface area (Å²) in [5, 5.41) is 16.6. The zero-order valence-electron chi connectivity index (χ0n) is 12.7. The molecular weight excluding hydrogens is 356 g/mol. The minimum atomic E-state index is -1.42. The normalized spacial score (nSPS) is 20.5. The van der Waals surface area contributed by atoms with Gasteiger partial charge in [-0.15, -0.1) is 0 Å². The van der Waals surface area contributed by atoms with Crippen LogP contribution in [0.15, 0.2) is 64.2 Å². The Hall–Kier alpha value is -1.98. The zero-order chi connectivity index (χ0) is 16.4. The van der Waals surface area contributed by atoms with Crippen LogP contribution in [0.1, 0.15) is 24.5 Å². The minimum absolute atomic E-state index is 0.205. The summed E-state index contributed by atoms with van der Waals surface area (Å²) in [4.78, 5) is 12.7. The molecule has 2 aromatic rings. The molecule has 0 unspecified atom stereocenters. The number of aliphatic hydroxyl groups is 1. The van der Waals surface area contributed by atoms with Gasteiger partial charge in [-0.3, -0.25) is 4.79 Å². The van der Waals surface area contributed by atoms with Crippen LogP contribution < -0.4 is 0 Å². The van der Waals surface area contributed by atoms with E-state index < -0.39 is 5.72 Å². The monoisotopic (exact) mass is 372 g/mol. The van der Waals surface area contributed by atoms with Crippen molar-refractivity contribution in [1.82, 2.24) is 5.01 Å². The van der Waals surface area contributed by atoms with E-state index in [0.29, 0.717) is 12.0 Å². The number of rotatable bonds is 3. The quantitative estimate of drug-likeness (QED) is 0.896. The lowest BCUT2D eigenvalue weighted by atomic mass is 9.97. The third-order valence-electron chi connectivity index (χ3n) is 3.86. The largest absolute Gasteiger partial charge is 0.365 e. The Morgan fingerprint density at radius 2 is 1.87 bits per heavy atom. The van der Waals surface area contributed by atoms with E-state index in [1.807, 2.05) is 49.4 Å². The van der Waals surface area contributed by atoms with Gasteiger partial charge in [0, 0.05) is 22.2 Å². The first-order valence-electron chi connectivity index (χ1n) is 7.38. The van der Waals surface area contributed by atoms with Gasteiger partial charge in [-0.05, 0) is 24.6 Å². The molecule has 118 valence electrons. The van der Waals surface area contributed by atoms with Gasteiger partial charge in [0.05, 0.1) is 6.42 Å². The molecule has 0 radical (unpaired) electrons. The van der Waals surface area contributed by atoms with Crippen LogP contribution in [0.25, 0.3) is 0 Å². The van der Waals surface area contributed by atoms with Crippen molar-refractivity contribution in [1.29, 1.82) is 0 Å². The maximum atomic E-state index is 12.7. The fourth-order valence-corrected chi connectivity index (χ4v) is 3.03. The van der Waals surface area contributed by atoms with E-state index >= 15 is 0 Å². The van der Waals surface area contributed by atoms with Gasteiger partial charge >= 0.3 is 0 Å². The molecule has 23 heavy (non-hydrogen) atoms. The Bertz CT molecular complexity index is 743. The van der Waals surface area contributed by atoms with E-state index in [9.17, 15) is 9.90 Å². The van der Waals surface area contributed by atoms with E-state index in [0.717, 1.165) is 15.7 Å². The maximum Gasteiger partial charge on any atom is 0.250 e. The number of hydrogen-bond acceptors (Lipinski definition) is 3. The van der Waals surface area contributed by atoms with E-state index in [1.165, 1.54) is 5.01 Å². The lowest BCUT2D eigenvalue weighted by Crippen LogP contribution is -2.44. The predicted octanol–water partition coefficient (Wildman–Crippen LogP) is 3.45. The summed E-state index contributed by atoms with van der Waals surface area (Å²) in [5.74, 6) is -0.224. The Morgan fingerprint density at radius 3 is 2.52 bits per heavy atom. The van der Waals surface area contributed by atoms with Crippen molar-refractivity contribution in [2.75, 3.05) is 0 Å². The number of nitrogens with zero attached hydrogens (tertiary/aromatic N) is 2. The fourth-order valence-electron chi connectivity index (χ4n) is 2.77. The Morgan fingerprint density at radius 1 is 1.22 bits per heavy atom. The highest BCUT2D eigenvalue weighted by atomic mass is 79.9. The minimum Gasteiger partial charge on any atom is -0.365 e. The second-order valence-electron chi connectivity index (χ2n) is 5.70. The van der Waals surface area contributed by atoms with Crippen LogP contribution in [-0.4, -0.2) is 21.7 Å². The number of benzene rings is 2. The number of carbonyl (C=O) groups is 1. The first-order valence-corrected chi connectivity index (χ1v) is 8.18. The van der Waals surface area contributed by atoms with Crippen molar-refractivity contribution in [2.24, 2.45) is 5.10 Å². The van der Waals surface area contributed by atoms with Gasteiger partial charge in [0.1, 0.15) is 0 Å². The van der Waals surface area contributed by atoms with Gasteiger partial charge < -0.3 is 5.11 Å². The molecule has 1 amide bonds. The van der Waals surface area contributed by atoms with Crippen molar-refractivity contribution in [3.63, 3.8) is 0 Å². The second kappa shape index (κ2) is 6.26. The lowest BCUT2D eigenvalue weighted by molar-refractivity contribution is -0.157. The number of hydrogen-bond donors (Lipinski definition) is 1. The molecule has 0 saturated heterocycles. The molecule has 1 N–H and O–H groups in total. The first-order chi connectivity index (χ1) is 11.0. The van der Waals surface area contributed by atoms with Gasteiger partial charge in [0.2, 0.25) is 5.91 Å². The third kappa shape index (κ3) is 3.21. The van der Waals surface area contributed by atoms with E-state index in [1.54, 1.807) is 12.1 Å². The molecule has 1 aliphatic rings. The molecule has 5 heteroatoms. The average molecular weight is 373 g/mol. The molecule has 0 aromatic heterocycles.